The average molecular weight is 223 g/mol. The molecule has 0 radical (unpaired) electrons. The lowest BCUT2D eigenvalue weighted by Gasteiger charge is -2.04. The third-order valence-electron chi connectivity index (χ3n) is 1.20. The number of halogens is 2. The molecule has 0 aromatic heterocycles. The molecular formula is C8H8Cl2OS. The van der Waals surface area contributed by atoms with Gasteiger partial charge in [0.1, 0.15) is 5.44 Å². The maximum atomic E-state index is 9.05. The first kappa shape index (κ1) is 10.2. The highest BCUT2D eigenvalue weighted by molar-refractivity contribution is 7.99. The molecule has 0 amide bonds. The molecule has 12 heavy (non-hydrogen) atoms. The van der Waals surface area contributed by atoms with Crippen LogP contribution >= 0.6 is 35.0 Å². The van der Waals surface area contributed by atoms with Gasteiger partial charge in [-0.25, -0.2) is 0 Å². The highest BCUT2D eigenvalue weighted by atomic mass is 35.5. The number of hydrogen-bond donors (Lipinski definition) is 1. The number of rotatable bonds is 2. The molecular weight excluding hydrogens is 215 g/mol. The van der Waals surface area contributed by atoms with Crippen molar-refractivity contribution in [3.63, 3.8) is 0 Å². The smallest absolute Gasteiger partial charge is 0.101 e. The van der Waals surface area contributed by atoms with Crippen molar-refractivity contribution in [3.8, 4) is 0 Å². The Morgan fingerprint density at radius 1 is 1.33 bits per heavy atom. The van der Waals surface area contributed by atoms with E-state index in [1.54, 1.807) is 19.1 Å². The van der Waals surface area contributed by atoms with Gasteiger partial charge < -0.3 is 5.11 Å². The molecule has 0 saturated heterocycles. The van der Waals surface area contributed by atoms with Crippen LogP contribution in [0.5, 0.6) is 0 Å². The molecule has 1 atom stereocenters. The van der Waals surface area contributed by atoms with Crippen LogP contribution in [0.15, 0.2) is 23.1 Å². The zero-order valence-electron chi connectivity index (χ0n) is 6.42. The monoisotopic (exact) mass is 222 g/mol. The second-order valence-corrected chi connectivity index (χ2v) is 4.50. The van der Waals surface area contributed by atoms with E-state index >= 15 is 0 Å². The summed E-state index contributed by atoms with van der Waals surface area (Å²) in [5.41, 5.74) is -0.428. The lowest BCUT2D eigenvalue weighted by molar-refractivity contribution is 0.284. The summed E-state index contributed by atoms with van der Waals surface area (Å²) in [6, 6.07) is 5.28. The molecule has 0 bridgehead atoms. The van der Waals surface area contributed by atoms with Crippen molar-refractivity contribution in [3.05, 3.63) is 28.2 Å². The van der Waals surface area contributed by atoms with E-state index in [4.69, 9.17) is 28.3 Å². The minimum absolute atomic E-state index is 0.428. The van der Waals surface area contributed by atoms with Crippen LogP contribution in [-0.4, -0.2) is 10.5 Å². The topological polar surface area (TPSA) is 20.2 Å². The van der Waals surface area contributed by atoms with Gasteiger partial charge in [0.25, 0.3) is 0 Å². The van der Waals surface area contributed by atoms with E-state index in [-0.39, 0.29) is 0 Å². The molecule has 0 aliphatic heterocycles. The van der Waals surface area contributed by atoms with Crippen molar-refractivity contribution in [1.29, 1.82) is 0 Å². The third kappa shape index (κ3) is 2.87. The van der Waals surface area contributed by atoms with Gasteiger partial charge in [-0.1, -0.05) is 35.0 Å². The highest BCUT2D eigenvalue weighted by Gasteiger charge is 2.02. The van der Waals surface area contributed by atoms with E-state index in [0.717, 1.165) is 4.90 Å². The summed E-state index contributed by atoms with van der Waals surface area (Å²) in [6.07, 6.45) is 0. The van der Waals surface area contributed by atoms with Crippen molar-refractivity contribution in [1.82, 2.24) is 0 Å². The number of thioether (sulfide) groups is 1. The van der Waals surface area contributed by atoms with Gasteiger partial charge in [0.15, 0.2) is 0 Å². The van der Waals surface area contributed by atoms with E-state index in [2.05, 4.69) is 0 Å². The standard InChI is InChI=1S/C8H8Cl2OS/c1-5(11)12-6-2-3-7(9)8(10)4-6/h2-5,11H,1H3. The van der Waals surface area contributed by atoms with Crippen LogP contribution in [0.4, 0.5) is 0 Å². The number of aliphatic hydroxyl groups excluding tert-OH is 1. The second-order valence-electron chi connectivity index (χ2n) is 2.29. The Labute approximate surface area is 85.7 Å². The van der Waals surface area contributed by atoms with Crippen LogP contribution in [0.25, 0.3) is 0 Å². The molecule has 0 spiro atoms. The molecule has 0 fully saturated rings. The van der Waals surface area contributed by atoms with E-state index in [1.165, 1.54) is 11.8 Å². The van der Waals surface area contributed by atoms with Crippen molar-refractivity contribution in [2.24, 2.45) is 0 Å². The van der Waals surface area contributed by atoms with Gasteiger partial charge in [0.05, 0.1) is 10.0 Å². The first-order valence-corrected chi connectivity index (χ1v) is 5.03. The van der Waals surface area contributed by atoms with Gasteiger partial charge in [0, 0.05) is 4.90 Å². The summed E-state index contributed by atoms with van der Waals surface area (Å²) in [4.78, 5) is 0.916. The summed E-state index contributed by atoms with van der Waals surface area (Å²) in [5.74, 6) is 0. The highest BCUT2D eigenvalue weighted by Crippen LogP contribution is 2.29. The zero-order chi connectivity index (χ0) is 9.14. The number of benzene rings is 1. The Morgan fingerprint density at radius 3 is 2.50 bits per heavy atom. The van der Waals surface area contributed by atoms with Crippen molar-refractivity contribution >= 4 is 35.0 Å². The van der Waals surface area contributed by atoms with Crippen molar-refractivity contribution in [2.75, 3.05) is 0 Å². The quantitative estimate of drug-likeness (QED) is 0.612. The molecule has 0 saturated carbocycles. The van der Waals surface area contributed by atoms with Gasteiger partial charge in [-0.15, -0.1) is 0 Å². The Morgan fingerprint density at radius 2 is 2.00 bits per heavy atom. The number of hydrogen-bond acceptors (Lipinski definition) is 2. The molecule has 1 aromatic carbocycles. The van der Waals surface area contributed by atoms with Crippen molar-refractivity contribution < 1.29 is 5.11 Å². The minimum atomic E-state index is -0.428. The fourth-order valence-electron chi connectivity index (χ4n) is 0.747. The molecule has 1 nitrogen and oxygen atoms in total. The Balaban J connectivity index is 2.82. The minimum Gasteiger partial charge on any atom is -0.382 e. The van der Waals surface area contributed by atoms with Gasteiger partial charge >= 0.3 is 0 Å². The van der Waals surface area contributed by atoms with E-state index in [0.29, 0.717) is 10.0 Å². The third-order valence-corrected chi connectivity index (χ3v) is 2.80. The maximum Gasteiger partial charge on any atom is 0.101 e. The normalized spacial score (nSPS) is 13.0. The molecule has 0 aliphatic carbocycles. The van der Waals surface area contributed by atoms with Gasteiger partial charge in [-0.3, -0.25) is 0 Å². The molecule has 1 aromatic rings. The molecule has 66 valence electrons. The fraction of sp³-hybridized carbons (Fsp3) is 0.250. The van der Waals surface area contributed by atoms with Crippen LogP contribution < -0.4 is 0 Å². The molecule has 1 unspecified atom stereocenters. The molecule has 4 heteroatoms. The second kappa shape index (κ2) is 4.38. The van der Waals surface area contributed by atoms with Crippen LogP contribution in [-0.2, 0) is 0 Å². The predicted molar refractivity (Wildman–Crippen MR) is 54.0 cm³/mol. The Bertz CT molecular complexity index is 276. The van der Waals surface area contributed by atoms with Crippen LogP contribution in [0, 0.1) is 0 Å². The summed E-state index contributed by atoms with van der Waals surface area (Å²) in [5, 5.41) is 10.1. The lowest BCUT2D eigenvalue weighted by Crippen LogP contribution is -1.90. The predicted octanol–water partition coefficient (Wildman–Crippen LogP) is 3.42. The fourth-order valence-corrected chi connectivity index (χ4v) is 1.84. The maximum absolute atomic E-state index is 9.05. The summed E-state index contributed by atoms with van der Waals surface area (Å²) >= 11 is 12.8. The van der Waals surface area contributed by atoms with E-state index in [1.807, 2.05) is 6.07 Å². The lowest BCUT2D eigenvalue weighted by atomic mass is 10.4. The first-order chi connectivity index (χ1) is 5.59. The molecule has 1 N–H and O–H groups in total. The summed E-state index contributed by atoms with van der Waals surface area (Å²) < 4.78 is 0. The molecule has 0 heterocycles. The summed E-state index contributed by atoms with van der Waals surface area (Å²) in [6.45, 7) is 1.70. The first-order valence-electron chi connectivity index (χ1n) is 3.39. The van der Waals surface area contributed by atoms with Crippen LogP contribution in [0.1, 0.15) is 6.92 Å². The van der Waals surface area contributed by atoms with E-state index in [9.17, 15) is 0 Å². The van der Waals surface area contributed by atoms with Crippen molar-refractivity contribution in [2.45, 2.75) is 17.3 Å². The SMILES string of the molecule is CC(O)Sc1ccc(Cl)c(Cl)c1. The Hall–Kier alpha value is 0.110. The zero-order valence-corrected chi connectivity index (χ0v) is 8.75. The largest absolute Gasteiger partial charge is 0.382 e. The van der Waals surface area contributed by atoms with Crippen LogP contribution in [0.3, 0.4) is 0 Å². The molecule has 0 aliphatic rings. The van der Waals surface area contributed by atoms with Crippen LogP contribution in [0.2, 0.25) is 10.0 Å². The van der Waals surface area contributed by atoms with E-state index < -0.39 is 5.44 Å². The average Bonchev–Trinajstić information content (AvgIpc) is 1.96. The number of aliphatic hydroxyl groups is 1. The van der Waals surface area contributed by atoms with Gasteiger partial charge in [-0.2, -0.15) is 0 Å². The Kier molecular flexibility index (Phi) is 3.72. The summed E-state index contributed by atoms with van der Waals surface area (Å²) in [7, 11) is 0. The van der Waals surface area contributed by atoms with Gasteiger partial charge in [0.2, 0.25) is 0 Å². The molecule has 1 rings (SSSR count). The van der Waals surface area contributed by atoms with Gasteiger partial charge in [-0.05, 0) is 25.1 Å².